The standard InChI is InChI=1S/C31H27Cl2N5O6/c1-36-30(44)38(23-12-21(32)11-22(33)13-23)29(43)31(36)17-37(15-25(31)20-6-2-19(14-34)3-7-20)16-27(40)35-26(28(41)42)10-18-4-8-24(39)9-5-18/h2-9,11-13,25-26,39H,10,15-17H2,1H3,(H,35,40)(H,41,42)/t25-,26+,31+/m0/s1. The third kappa shape index (κ3) is 5.79. The maximum atomic E-state index is 14.3. The molecule has 1 spiro atoms. The third-order valence-electron chi connectivity index (χ3n) is 8.06. The van der Waals surface area contributed by atoms with Gasteiger partial charge in [-0.15, -0.1) is 0 Å². The number of phenolic OH excluding ortho intramolecular Hbond substituents is 1. The van der Waals surface area contributed by atoms with Gasteiger partial charge in [0, 0.05) is 42.5 Å². The highest BCUT2D eigenvalue weighted by Gasteiger charge is 2.64. The number of aliphatic carboxylic acids is 1. The van der Waals surface area contributed by atoms with Gasteiger partial charge in [-0.25, -0.2) is 14.5 Å². The van der Waals surface area contributed by atoms with Crippen LogP contribution in [0.15, 0.2) is 66.7 Å². The Balaban J connectivity index is 1.43. The maximum absolute atomic E-state index is 14.3. The highest BCUT2D eigenvalue weighted by molar-refractivity contribution is 6.35. The first-order valence-electron chi connectivity index (χ1n) is 13.5. The summed E-state index contributed by atoms with van der Waals surface area (Å²) in [6, 6.07) is 17.3. The molecule has 2 fully saturated rings. The predicted octanol–water partition coefficient (Wildman–Crippen LogP) is 3.62. The number of hydrogen-bond acceptors (Lipinski definition) is 7. The van der Waals surface area contributed by atoms with E-state index in [1.165, 1.54) is 42.3 Å². The second-order valence-electron chi connectivity index (χ2n) is 10.8. The van der Waals surface area contributed by atoms with Gasteiger partial charge in [0.2, 0.25) is 5.91 Å². The van der Waals surface area contributed by atoms with Gasteiger partial charge >= 0.3 is 12.0 Å². The molecular formula is C31H27Cl2N5O6. The van der Waals surface area contributed by atoms with Gasteiger partial charge in [0.25, 0.3) is 5.91 Å². The van der Waals surface area contributed by atoms with E-state index in [0.717, 1.165) is 4.90 Å². The van der Waals surface area contributed by atoms with Gasteiger partial charge in [0.05, 0.1) is 23.9 Å². The average molecular weight is 636 g/mol. The lowest BCUT2D eigenvalue weighted by Crippen LogP contribution is -2.54. The topological polar surface area (TPSA) is 154 Å². The van der Waals surface area contributed by atoms with Crippen LogP contribution in [0.4, 0.5) is 10.5 Å². The number of rotatable bonds is 8. The highest BCUT2D eigenvalue weighted by Crippen LogP contribution is 2.46. The van der Waals surface area contributed by atoms with E-state index in [2.05, 4.69) is 11.4 Å². The molecule has 2 aliphatic rings. The molecule has 44 heavy (non-hydrogen) atoms. The number of amides is 4. The van der Waals surface area contributed by atoms with Crippen LogP contribution in [0, 0.1) is 11.3 Å². The number of nitriles is 1. The van der Waals surface area contributed by atoms with Crippen molar-refractivity contribution in [1.82, 2.24) is 15.1 Å². The smallest absolute Gasteiger partial charge is 0.332 e. The second-order valence-corrected chi connectivity index (χ2v) is 11.7. The van der Waals surface area contributed by atoms with Gasteiger partial charge in [-0.3, -0.25) is 14.5 Å². The normalized spacial score (nSPS) is 20.6. The maximum Gasteiger partial charge on any atom is 0.332 e. The van der Waals surface area contributed by atoms with Crippen molar-refractivity contribution in [3.05, 3.63) is 93.5 Å². The monoisotopic (exact) mass is 635 g/mol. The summed E-state index contributed by atoms with van der Waals surface area (Å²) in [4.78, 5) is 57.2. The van der Waals surface area contributed by atoms with E-state index >= 15 is 0 Å². The number of hydrogen-bond donors (Lipinski definition) is 3. The van der Waals surface area contributed by atoms with E-state index in [1.807, 2.05) is 0 Å². The number of urea groups is 1. The van der Waals surface area contributed by atoms with Crippen LogP contribution in [-0.4, -0.2) is 82.1 Å². The molecular weight excluding hydrogens is 609 g/mol. The summed E-state index contributed by atoms with van der Waals surface area (Å²) in [5.74, 6) is -2.91. The number of carbonyl (C=O) groups excluding carboxylic acids is 3. The van der Waals surface area contributed by atoms with Crippen LogP contribution in [0.3, 0.4) is 0 Å². The molecule has 0 unspecified atom stereocenters. The predicted molar refractivity (Wildman–Crippen MR) is 162 cm³/mol. The molecule has 226 valence electrons. The molecule has 0 radical (unpaired) electrons. The van der Waals surface area contributed by atoms with E-state index < -0.39 is 41.3 Å². The number of nitrogens with zero attached hydrogens (tertiary/aromatic N) is 4. The zero-order valence-corrected chi connectivity index (χ0v) is 24.9. The molecule has 4 amide bonds. The minimum absolute atomic E-state index is 0.00790. The Kier molecular flexibility index (Phi) is 8.52. The first-order valence-corrected chi connectivity index (χ1v) is 14.3. The molecule has 11 nitrogen and oxygen atoms in total. The Morgan fingerprint density at radius 3 is 2.30 bits per heavy atom. The summed E-state index contributed by atoms with van der Waals surface area (Å²) in [7, 11) is 1.52. The van der Waals surface area contributed by atoms with Crippen molar-refractivity contribution < 1.29 is 29.4 Å². The number of carboxylic acid groups (broad SMARTS) is 1. The largest absolute Gasteiger partial charge is 0.508 e. The van der Waals surface area contributed by atoms with Crippen molar-refractivity contribution in [3.63, 3.8) is 0 Å². The fourth-order valence-corrected chi connectivity index (χ4v) is 6.44. The number of phenols is 1. The molecule has 0 aromatic heterocycles. The number of likely N-dealkylation sites (N-methyl/N-ethyl adjacent to an activating group) is 1. The Bertz CT molecular complexity index is 1660. The highest BCUT2D eigenvalue weighted by atomic mass is 35.5. The molecule has 3 atom stereocenters. The SMILES string of the molecule is CN1C(=O)N(c2cc(Cl)cc(Cl)c2)C(=O)[C@]12CN(CC(=O)N[C@H](Cc1ccc(O)cc1)C(=O)O)C[C@H]2c1ccc(C#N)cc1. The van der Waals surface area contributed by atoms with Gasteiger partial charge in [0.15, 0.2) is 0 Å². The van der Waals surface area contributed by atoms with Crippen molar-refractivity contribution in [2.24, 2.45) is 0 Å². The molecule has 13 heteroatoms. The van der Waals surface area contributed by atoms with Crippen LogP contribution in [0.1, 0.15) is 22.6 Å². The van der Waals surface area contributed by atoms with Crippen molar-refractivity contribution >= 4 is 52.7 Å². The summed E-state index contributed by atoms with van der Waals surface area (Å²) in [5, 5.41) is 31.6. The average Bonchev–Trinajstić information content (AvgIpc) is 3.44. The van der Waals surface area contributed by atoms with Gasteiger partial charge in [-0.1, -0.05) is 47.5 Å². The quantitative estimate of drug-likeness (QED) is 0.317. The summed E-state index contributed by atoms with van der Waals surface area (Å²) in [5.41, 5.74) is 0.478. The summed E-state index contributed by atoms with van der Waals surface area (Å²) >= 11 is 12.4. The molecule has 2 saturated heterocycles. The van der Waals surface area contributed by atoms with Crippen LogP contribution >= 0.6 is 23.2 Å². The van der Waals surface area contributed by atoms with Gasteiger partial charge < -0.3 is 20.4 Å². The summed E-state index contributed by atoms with van der Waals surface area (Å²) in [6.07, 6.45) is -0.00790. The number of carboxylic acids is 1. The zero-order valence-electron chi connectivity index (χ0n) is 23.4. The zero-order chi connectivity index (χ0) is 31.8. The first-order chi connectivity index (χ1) is 20.9. The summed E-state index contributed by atoms with van der Waals surface area (Å²) in [6.45, 7) is -0.0820. The molecule has 3 N–H and O–H groups in total. The first kappa shape index (κ1) is 30.8. The Labute approximate surface area is 262 Å². The molecule has 3 aromatic carbocycles. The number of carbonyl (C=O) groups is 4. The van der Waals surface area contributed by atoms with Gasteiger partial charge in [-0.05, 0) is 53.6 Å². The molecule has 2 aliphatic heterocycles. The fourth-order valence-electron chi connectivity index (χ4n) is 5.92. The van der Waals surface area contributed by atoms with E-state index in [-0.39, 0.29) is 47.5 Å². The Hall–Kier alpha value is -4.63. The molecule has 5 rings (SSSR count). The van der Waals surface area contributed by atoms with Gasteiger partial charge in [-0.2, -0.15) is 5.26 Å². The van der Waals surface area contributed by atoms with Crippen molar-refractivity contribution in [2.75, 3.05) is 31.6 Å². The number of halogens is 2. The second kappa shape index (κ2) is 12.2. The molecule has 0 bridgehead atoms. The van der Waals surface area contributed by atoms with E-state index in [4.69, 9.17) is 23.2 Å². The Morgan fingerprint density at radius 2 is 1.70 bits per heavy atom. The molecule has 0 aliphatic carbocycles. The fraction of sp³-hybridized carbons (Fsp3) is 0.258. The molecule has 2 heterocycles. The van der Waals surface area contributed by atoms with Gasteiger partial charge in [0.1, 0.15) is 17.3 Å². The number of imide groups is 1. The number of anilines is 1. The minimum atomic E-state index is -1.43. The van der Waals surface area contributed by atoms with Crippen molar-refractivity contribution in [1.29, 1.82) is 5.26 Å². The lowest BCUT2D eigenvalue weighted by molar-refractivity contribution is -0.141. The third-order valence-corrected chi connectivity index (χ3v) is 8.49. The van der Waals surface area contributed by atoms with Crippen LogP contribution in [0.2, 0.25) is 10.0 Å². The summed E-state index contributed by atoms with van der Waals surface area (Å²) < 4.78 is 0. The lowest BCUT2D eigenvalue weighted by atomic mass is 9.80. The minimum Gasteiger partial charge on any atom is -0.508 e. The van der Waals surface area contributed by atoms with E-state index in [0.29, 0.717) is 16.7 Å². The number of aromatic hydroxyl groups is 1. The molecule has 0 saturated carbocycles. The van der Waals surface area contributed by atoms with Crippen molar-refractivity contribution in [2.45, 2.75) is 23.9 Å². The number of nitrogens with one attached hydrogen (secondary N) is 1. The van der Waals surface area contributed by atoms with E-state index in [9.17, 15) is 34.7 Å². The van der Waals surface area contributed by atoms with Crippen molar-refractivity contribution in [3.8, 4) is 11.8 Å². The van der Waals surface area contributed by atoms with Crippen LogP contribution in [-0.2, 0) is 20.8 Å². The Morgan fingerprint density at radius 1 is 1.07 bits per heavy atom. The van der Waals surface area contributed by atoms with Crippen LogP contribution in [0.5, 0.6) is 5.75 Å². The van der Waals surface area contributed by atoms with Crippen LogP contribution < -0.4 is 10.2 Å². The number of likely N-dealkylation sites (tertiary alicyclic amines) is 1. The van der Waals surface area contributed by atoms with Crippen LogP contribution in [0.25, 0.3) is 0 Å². The number of benzene rings is 3. The molecule has 3 aromatic rings. The lowest BCUT2D eigenvalue weighted by Gasteiger charge is -2.34. The van der Waals surface area contributed by atoms with E-state index in [1.54, 1.807) is 41.3 Å².